The molecule has 0 saturated heterocycles. The summed E-state index contributed by atoms with van der Waals surface area (Å²) in [6.45, 7) is 1.20. The second kappa shape index (κ2) is 8.30. The minimum Gasteiger partial charge on any atom is -0.495 e. The number of nitro benzene ring substituents is 1. The third kappa shape index (κ3) is 4.70. The van der Waals surface area contributed by atoms with Gasteiger partial charge >= 0.3 is 5.97 Å². The highest BCUT2D eigenvalue weighted by molar-refractivity contribution is 6.31. The number of rotatable bonds is 6. The number of hydrogen-bond acceptors (Lipinski definition) is 6. The van der Waals surface area contributed by atoms with Crippen LogP contribution < -0.4 is 10.1 Å². The summed E-state index contributed by atoms with van der Waals surface area (Å²) in [7, 11) is 1.43. The first-order valence-corrected chi connectivity index (χ1v) is 7.75. The van der Waals surface area contributed by atoms with E-state index in [0.717, 1.165) is 11.6 Å². The van der Waals surface area contributed by atoms with Crippen LogP contribution in [0.15, 0.2) is 36.4 Å². The molecule has 0 spiro atoms. The molecule has 2 aromatic carbocycles. The largest absolute Gasteiger partial charge is 0.495 e. The number of nitrogens with one attached hydrogen (secondary N) is 1. The third-order valence-corrected chi connectivity index (χ3v) is 3.79. The average molecular weight is 379 g/mol. The summed E-state index contributed by atoms with van der Waals surface area (Å²) in [5, 5.41) is 13.8. The number of benzene rings is 2. The molecule has 0 atom stereocenters. The molecule has 8 nitrogen and oxygen atoms in total. The molecule has 26 heavy (non-hydrogen) atoms. The zero-order valence-corrected chi connectivity index (χ0v) is 14.7. The van der Waals surface area contributed by atoms with E-state index < -0.39 is 23.4 Å². The van der Waals surface area contributed by atoms with Gasteiger partial charge in [0.05, 0.1) is 23.3 Å². The first-order valence-electron chi connectivity index (χ1n) is 7.37. The van der Waals surface area contributed by atoms with Gasteiger partial charge in [-0.2, -0.15) is 0 Å². The molecule has 0 fully saturated rings. The maximum absolute atomic E-state index is 12.0. The lowest BCUT2D eigenvalue weighted by Crippen LogP contribution is -2.21. The number of methoxy groups -OCH3 is 1. The molecule has 1 amide bonds. The molecule has 136 valence electrons. The lowest BCUT2D eigenvalue weighted by atomic mass is 10.2. The molecule has 0 unspecified atom stereocenters. The van der Waals surface area contributed by atoms with Crippen molar-refractivity contribution in [3.63, 3.8) is 0 Å². The van der Waals surface area contributed by atoms with Gasteiger partial charge in [0, 0.05) is 23.2 Å². The molecule has 2 aromatic rings. The van der Waals surface area contributed by atoms with Crippen LogP contribution in [-0.4, -0.2) is 30.5 Å². The van der Waals surface area contributed by atoms with E-state index in [-0.39, 0.29) is 11.3 Å². The monoisotopic (exact) mass is 378 g/mol. The van der Waals surface area contributed by atoms with Crippen LogP contribution in [0.4, 0.5) is 11.4 Å². The Kier molecular flexibility index (Phi) is 6.13. The SMILES string of the molecule is COc1cc(Cl)c(C)cc1NC(=O)COC(=O)c1cccc([N+](=O)[O-])c1. The smallest absolute Gasteiger partial charge is 0.338 e. The molecule has 0 bridgehead atoms. The van der Waals surface area contributed by atoms with Crippen LogP contribution in [0.5, 0.6) is 5.75 Å². The predicted molar refractivity (Wildman–Crippen MR) is 94.7 cm³/mol. The maximum Gasteiger partial charge on any atom is 0.338 e. The van der Waals surface area contributed by atoms with Crippen molar-refractivity contribution in [3.05, 3.63) is 62.7 Å². The highest BCUT2D eigenvalue weighted by Crippen LogP contribution is 2.30. The van der Waals surface area contributed by atoms with Gasteiger partial charge in [0.1, 0.15) is 5.75 Å². The van der Waals surface area contributed by atoms with Crippen molar-refractivity contribution in [2.24, 2.45) is 0 Å². The molecule has 0 heterocycles. The molecular formula is C17H15ClN2O6. The fraction of sp³-hybridized carbons (Fsp3) is 0.176. The van der Waals surface area contributed by atoms with E-state index >= 15 is 0 Å². The van der Waals surface area contributed by atoms with E-state index in [1.165, 1.54) is 25.3 Å². The Bertz CT molecular complexity index is 868. The van der Waals surface area contributed by atoms with Gasteiger partial charge in [-0.3, -0.25) is 14.9 Å². The number of ether oxygens (including phenoxy) is 2. The number of halogens is 1. The molecular weight excluding hydrogens is 364 g/mol. The van der Waals surface area contributed by atoms with Crippen LogP contribution in [0.1, 0.15) is 15.9 Å². The summed E-state index contributed by atoms with van der Waals surface area (Å²) in [4.78, 5) is 34.0. The Morgan fingerprint density at radius 1 is 1.27 bits per heavy atom. The maximum atomic E-state index is 12.0. The van der Waals surface area contributed by atoms with Crippen LogP contribution in [0.25, 0.3) is 0 Å². The van der Waals surface area contributed by atoms with Gasteiger partial charge in [0.15, 0.2) is 6.61 Å². The fourth-order valence-corrected chi connectivity index (χ4v) is 2.23. The summed E-state index contributed by atoms with van der Waals surface area (Å²) >= 11 is 6.00. The summed E-state index contributed by atoms with van der Waals surface area (Å²) < 4.78 is 10.0. The minimum absolute atomic E-state index is 0.0214. The molecule has 0 saturated carbocycles. The number of aryl methyl sites for hydroxylation is 1. The molecule has 2 rings (SSSR count). The zero-order chi connectivity index (χ0) is 19.3. The molecule has 0 aliphatic rings. The lowest BCUT2D eigenvalue weighted by molar-refractivity contribution is -0.384. The van der Waals surface area contributed by atoms with E-state index in [0.29, 0.717) is 16.5 Å². The number of non-ortho nitro benzene ring substituents is 1. The highest BCUT2D eigenvalue weighted by Gasteiger charge is 2.15. The number of carbonyl (C=O) groups is 2. The van der Waals surface area contributed by atoms with Gasteiger partial charge in [-0.05, 0) is 24.6 Å². The van der Waals surface area contributed by atoms with Gasteiger partial charge in [-0.1, -0.05) is 17.7 Å². The first kappa shape index (κ1) is 19.2. The van der Waals surface area contributed by atoms with Crippen LogP contribution in [0.3, 0.4) is 0 Å². The van der Waals surface area contributed by atoms with Crippen molar-refractivity contribution < 1.29 is 24.0 Å². The van der Waals surface area contributed by atoms with Crippen molar-refractivity contribution in [3.8, 4) is 5.75 Å². The van der Waals surface area contributed by atoms with Gasteiger partial charge < -0.3 is 14.8 Å². The second-order valence-electron chi connectivity index (χ2n) is 5.23. The summed E-state index contributed by atoms with van der Waals surface area (Å²) in [6, 6.07) is 8.22. The normalized spacial score (nSPS) is 10.1. The Morgan fingerprint density at radius 3 is 2.65 bits per heavy atom. The van der Waals surface area contributed by atoms with Gasteiger partial charge in [0.2, 0.25) is 0 Å². The van der Waals surface area contributed by atoms with E-state index in [2.05, 4.69) is 5.32 Å². The van der Waals surface area contributed by atoms with Crippen molar-refractivity contribution in [1.82, 2.24) is 0 Å². The zero-order valence-electron chi connectivity index (χ0n) is 13.9. The number of amides is 1. The molecule has 0 aliphatic heterocycles. The van der Waals surface area contributed by atoms with Crippen molar-refractivity contribution >= 4 is 34.9 Å². The van der Waals surface area contributed by atoms with Crippen molar-refractivity contribution in [2.75, 3.05) is 19.0 Å². The first-order chi connectivity index (χ1) is 12.3. The quantitative estimate of drug-likeness (QED) is 0.469. The van der Waals surface area contributed by atoms with Gasteiger partial charge in [-0.15, -0.1) is 0 Å². The molecule has 1 N–H and O–H groups in total. The van der Waals surface area contributed by atoms with Crippen molar-refractivity contribution in [1.29, 1.82) is 0 Å². The Morgan fingerprint density at radius 2 is 2.00 bits per heavy atom. The van der Waals surface area contributed by atoms with Crippen LogP contribution in [-0.2, 0) is 9.53 Å². The summed E-state index contributed by atoms with van der Waals surface area (Å²) in [6.07, 6.45) is 0. The fourth-order valence-electron chi connectivity index (χ4n) is 2.08. The molecule has 0 radical (unpaired) electrons. The molecule has 0 aromatic heterocycles. The number of esters is 1. The third-order valence-electron chi connectivity index (χ3n) is 3.38. The topological polar surface area (TPSA) is 108 Å². The predicted octanol–water partition coefficient (Wildman–Crippen LogP) is 3.36. The highest BCUT2D eigenvalue weighted by atomic mass is 35.5. The lowest BCUT2D eigenvalue weighted by Gasteiger charge is -2.12. The van der Waals surface area contributed by atoms with E-state index in [4.69, 9.17) is 21.1 Å². The Balaban J connectivity index is 2.01. The standard InChI is InChI=1S/C17H15ClN2O6/c1-10-6-14(15(25-2)8-13(10)18)19-16(21)9-26-17(22)11-4-3-5-12(7-11)20(23)24/h3-8H,9H2,1-2H3,(H,19,21). The van der Waals surface area contributed by atoms with E-state index in [1.807, 2.05) is 0 Å². The number of hydrogen-bond donors (Lipinski definition) is 1. The van der Waals surface area contributed by atoms with Crippen molar-refractivity contribution in [2.45, 2.75) is 6.92 Å². The van der Waals surface area contributed by atoms with Crippen LogP contribution >= 0.6 is 11.6 Å². The Hall–Kier alpha value is -3.13. The summed E-state index contributed by atoms with van der Waals surface area (Å²) in [5.74, 6) is -1.08. The van der Waals surface area contributed by atoms with Gasteiger partial charge in [0.25, 0.3) is 11.6 Å². The minimum atomic E-state index is -0.844. The second-order valence-corrected chi connectivity index (χ2v) is 5.64. The number of nitro groups is 1. The van der Waals surface area contributed by atoms with Gasteiger partial charge in [-0.25, -0.2) is 4.79 Å². The average Bonchev–Trinajstić information content (AvgIpc) is 2.62. The van der Waals surface area contributed by atoms with Crippen LogP contribution in [0.2, 0.25) is 5.02 Å². The van der Waals surface area contributed by atoms with Crippen LogP contribution in [0, 0.1) is 17.0 Å². The van der Waals surface area contributed by atoms with E-state index in [1.54, 1.807) is 19.1 Å². The van der Waals surface area contributed by atoms with E-state index in [9.17, 15) is 19.7 Å². The summed E-state index contributed by atoms with van der Waals surface area (Å²) in [5.41, 5.74) is 0.847. The Labute approximate surface area is 153 Å². The molecule has 9 heteroatoms. The number of anilines is 1. The number of nitrogens with zero attached hydrogens (tertiary/aromatic N) is 1. The molecule has 0 aliphatic carbocycles. The number of carbonyl (C=O) groups excluding carboxylic acids is 2.